The van der Waals surface area contributed by atoms with Crippen molar-refractivity contribution >= 4 is 29.5 Å². The van der Waals surface area contributed by atoms with Crippen molar-refractivity contribution in [2.75, 3.05) is 23.0 Å². The molecule has 150 valence electrons. The first-order chi connectivity index (χ1) is 14.1. The van der Waals surface area contributed by atoms with Gasteiger partial charge in [0.05, 0.1) is 6.04 Å². The van der Waals surface area contributed by atoms with E-state index in [1.807, 2.05) is 13.0 Å². The van der Waals surface area contributed by atoms with E-state index in [9.17, 15) is 4.39 Å². The maximum Gasteiger partial charge on any atom is 0.225 e. The average molecular weight is 394 g/mol. The highest BCUT2D eigenvalue weighted by atomic mass is 19.1. The summed E-state index contributed by atoms with van der Waals surface area (Å²) in [5.41, 5.74) is 2.96. The van der Waals surface area contributed by atoms with Gasteiger partial charge in [0.15, 0.2) is 5.82 Å². The summed E-state index contributed by atoms with van der Waals surface area (Å²) in [5, 5.41) is 24.3. The number of hydrogen-bond donors (Lipinski definition) is 5. The van der Waals surface area contributed by atoms with Crippen molar-refractivity contribution in [1.82, 2.24) is 20.2 Å². The lowest BCUT2D eigenvalue weighted by molar-refractivity contribution is 0.624. The number of aromatic amines is 1. The quantitative estimate of drug-likeness (QED) is 0.366. The minimum absolute atomic E-state index is 0.309. The Balaban J connectivity index is 1.51. The topological polar surface area (TPSA) is 114 Å². The third kappa shape index (κ3) is 4.18. The number of H-pyrrole nitrogens is 1. The van der Waals surface area contributed by atoms with Crippen molar-refractivity contribution < 1.29 is 4.39 Å². The summed E-state index contributed by atoms with van der Waals surface area (Å²) < 4.78 is 14.0. The SMILES string of the molecule is CNc1cc(F)cc([C@H](C)Nc2nccc(Nc3cc(C4CC4)[nH]n3)n2)c1C=N. The second kappa shape index (κ2) is 7.86. The molecule has 1 atom stereocenters. The number of nitrogens with one attached hydrogen (secondary N) is 5. The second-order valence-electron chi connectivity index (χ2n) is 7.09. The van der Waals surface area contributed by atoms with Gasteiger partial charge in [-0.05, 0) is 43.5 Å². The van der Waals surface area contributed by atoms with Crippen LogP contribution in [-0.2, 0) is 0 Å². The standard InChI is InChI=1S/C20H23FN8/c1-11(14-7-13(21)8-17(23-2)15(14)10-22)25-20-24-6-5-18(27-20)26-19-9-16(28-29-19)12-3-4-12/h5-12,22-23H,3-4H2,1-2H3,(H3,24,25,26,27,28,29)/t11-/m0/s1. The van der Waals surface area contributed by atoms with Gasteiger partial charge in [-0.15, -0.1) is 0 Å². The smallest absolute Gasteiger partial charge is 0.225 e. The molecule has 0 radical (unpaired) electrons. The van der Waals surface area contributed by atoms with E-state index < -0.39 is 0 Å². The van der Waals surface area contributed by atoms with Crippen LogP contribution in [0, 0.1) is 11.2 Å². The third-order valence-corrected chi connectivity index (χ3v) is 4.93. The Kier molecular flexibility index (Phi) is 5.11. The van der Waals surface area contributed by atoms with Gasteiger partial charge in [0.1, 0.15) is 11.6 Å². The van der Waals surface area contributed by atoms with E-state index in [2.05, 4.69) is 36.1 Å². The maximum atomic E-state index is 14.0. The molecule has 0 unspecified atom stereocenters. The van der Waals surface area contributed by atoms with Gasteiger partial charge in [0.25, 0.3) is 0 Å². The molecule has 1 aliphatic carbocycles. The monoisotopic (exact) mass is 394 g/mol. The Labute approximate surface area is 167 Å². The summed E-state index contributed by atoms with van der Waals surface area (Å²) in [5.74, 6) is 1.93. The summed E-state index contributed by atoms with van der Waals surface area (Å²) in [7, 11) is 1.70. The van der Waals surface area contributed by atoms with Crippen LogP contribution in [0.3, 0.4) is 0 Å². The van der Waals surface area contributed by atoms with Crippen LogP contribution in [0.1, 0.15) is 48.5 Å². The molecular formula is C20H23FN8. The molecule has 4 rings (SSSR count). The fourth-order valence-corrected chi connectivity index (χ4v) is 3.27. The molecule has 0 bridgehead atoms. The molecule has 3 aromatic rings. The lowest BCUT2D eigenvalue weighted by Gasteiger charge is -2.19. The second-order valence-corrected chi connectivity index (χ2v) is 7.09. The van der Waals surface area contributed by atoms with Crippen molar-refractivity contribution in [1.29, 1.82) is 5.41 Å². The molecule has 0 spiro atoms. The van der Waals surface area contributed by atoms with Gasteiger partial charge in [0, 0.05) is 48.4 Å². The van der Waals surface area contributed by atoms with Crippen molar-refractivity contribution in [3.63, 3.8) is 0 Å². The van der Waals surface area contributed by atoms with Crippen LogP contribution in [-0.4, -0.2) is 33.4 Å². The van der Waals surface area contributed by atoms with E-state index in [1.165, 1.54) is 31.2 Å². The van der Waals surface area contributed by atoms with E-state index in [0.717, 1.165) is 5.69 Å². The van der Waals surface area contributed by atoms with Crippen LogP contribution in [0.15, 0.2) is 30.5 Å². The lowest BCUT2D eigenvalue weighted by Crippen LogP contribution is -2.13. The fraction of sp³-hybridized carbons (Fsp3) is 0.300. The van der Waals surface area contributed by atoms with Crippen molar-refractivity contribution in [2.45, 2.75) is 31.7 Å². The van der Waals surface area contributed by atoms with Crippen LogP contribution < -0.4 is 16.0 Å². The Hall–Kier alpha value is -3.49. The Morgan fingerprint density at radius 3 is 2.83 bits per heavy atom. The fourth-order valence-electron chi connectivity index (χ4n) is 3.27. The van der Waals surface area contributed by atoms with Gasteiger partial charge in [-0.25, -0.2) is 9.37 Å². The molecule has 2 heterocycles. The number of benzene rings is 1. The summed E-state index contributed by atoms with van der Waals surface area (Å²) in [6.45, 7) is 1.88. The number of aromatic nitrogens is 4. The summed E-state index contributed by atoms with van der Waals surface area (Å²) in [6, 6.07) is 6.24. The first-order valence-electron chi connectivity index (χ1n) is 9.51. The van der Waals surface area contributed by atoms with Crippen LogP contribution in [0.4, 0.5) is 27.7 Å². The zero-order valence-electron chi connectivity index (χ0n) is 16.3. The molecule has 1 saturated carbocycles. The van der Waals surface area contributed by atoms with Gasteiger partial charge >= 0.3 is 0 Å². The minimum Gasteiger partial charge on any atom is -0.387 e. The number of halogens is 1. The van der Waals surface area contributed by atoms with Crippen LogP contribution in [0.25, 0.3) is 0 Å². The normalized spacial score (nSPS) is 14.3. The maximum absolute atomic E-state index is 14.0. The van der Waals surface area contributed by atoms with Gasteiger partial charge in [-0.1, -0.05) is 0 Å². The minimum atomic E-state index is -0.370. The molecule has 1 fully saturated rings. The summed E-state index contributed by atoms with van der Waals surface area (Å²) in [6.07, 6.45) is 5.26. The molecule has 0 saturated heterocycles. The molecule has 0 aliphatic heterocycles. The molecule has 2 aromatic heterocycles. The van der Waals surface area contributed by atoms with Crippen molar-refractivity contribution in [3.05, 3.63) is 53.1 Å². The number of hydrogen-bond acceptors (Lipinski definition) is 7. The van der Waals surface area contributed by atoms with E-state index in [1.54, 1.807) is 19.3 Å². The first kappa shape index (κ1) is 18.9. The van der Waals surface area contributed by atoms with Gasteiger partial charge < -0.3 is 21.4 Å². The molecule has 1 aromatic carbocycles. The molecule has 1 aliphatic rings. The van der Waals surface area contributed by atoms with Crippen LogP contribution in [0.2, 0.25) is 0 Å². The van der Waals surface area contributed by atoms with E-state index in [-0.39, 0.29) is 11.9 Å². The number of nitrogens with zero attached hydrogens (tertiary/aromatic N) is 3. The molecular weight excluding hydrogens is 371 g/mol. The predicted octanol–water partition coefficient (Wildman–Crippen LogP) is 4.17. The predicted molar refractivity (Wildman–Crippen MR) is 112 cm³/mol. The Bertz CT molecular complexity index is 1030. The highest BCUT2D eigenvalue weighted by Crippen LogP contribution is 2.39. The van der Waals surface area contributed by atoms with Gasteiger partial charge in [-0.3, -0.25) is 5.10 Å². The molecule has 5 N–H and O–H groups in total. The zero-order chi connectivity index (χ0) is 20.4. The van der Waals surface area contributed by atoms with Crippen molar-refractivity contribution in [2.24, 2.45) is 0 Å². The molecule has 0 amide bonds. The Morgan fingerprint density at radius 2 is 2.10 bits per heavy atom. The average Bonchev–Trinajstić information content (AvgIpc) is 3.47. The van der Waals surface area contributed by atoms with Crippen molar-refractivity contribution in [3.8, 4) is 0 Å². The van der Waals surface area contributed by atoms with Crippen LogP contribution >= 0.6 is 0 Å². The number of rotatable bonds is 8. The van der Waals surface area contributed by atoms with E-state index in [4.69, 9.17) is 5.41 Å². The van der Waals surface area contributed by atoms with E-state index in [0.29, 0.717) is 40.3 Å². The third-order valence-electron chi connectivity index (χ3n) is 4.93. The highest BCUT2D eigenvalue weighted by Gasteiger charge is 2.25. The molecule has 29 heavy (non-hydrogen) atoms. The molecule has 9 heteroatoms. The number of anilines is 4. The molecule has 8 nitrogen and oxygen atoms in total. The van der Waals surface area contributed by atoms with E-state index >= 15 is 0 Å². The zero-order valence-corrected chi connectivity index (χ0v) is 16.3. The van der Waals surface area contributed by atoms with Crippen LogP contribution in [0.5, 0.6) is 0 Å². The lowest BCUT2D eigenvalue weighted by atomic mass is 10.00. The Morgan fingerprint density at radius 1 is 1.28 bits per heavy atom. The summed E-state index contributed by atoms with van der Waals surface area (Å²) in [4.78, 5) is 8.72. The first-order valence-corrected chi connectivity index (χ1v) is 9.51. The van der Waals surface area contributed by atoms with Gasteiger partial charge in [0.2, 0.25) is 5.95 Å². The highest BCUT2D eigenvalue weighted by molar-refractivity contribution is 5.88. The summed E-state index contributed by atoms with van der Waals surface area (Å²) >= 11 is 0. The van der Waals surface area contributed by atoms with Gasteiger partial charge in [-0.2, -0.15) is 10.1 Å². The largest absolute Gasteiger partial charge is 0.387 e.